The summed E-state index contributed by atoms with van der Waals surface area (Å²) in [6.45, 7) is -0.136. The predicted molar refractivity (Wildman–Crippen MR) is 71.6 cm³/mol. The van der Waals surface area contributed by atoms with Crippen LogP contribution in [0.5, 0.6) is 0 Å². The smallest absolute Gasteiger partial charge is 0.307 e. The maximum Gasteiger partial charge on any atom is 0.307 e. The van der Waals surface area contributed by atoms with Crippen molar-refractivity contribution in [2.45, 2.75) is 11.7 Å². The number of amides is 1. The normalized spacial score (nSPS) is 19.8. The van der Waals surface area contributed by atoms with Gasteiger partial charge < -0.3 is 9.80 Å². The van der Waals surface area contributed by atoms with E-state index in [-0.39, 0.29) is 18.9 Å². The number of carbonyl (C=O) groups excluding carboxylic acids is 1. The van der Waals surface area contributed by atoms with E-state index in [1.54, 1.807) is 12.1 Å². The van der Waals surface area contributed by atoms with Crippen LogP contribution in [0.4, 0.5) is 15.3 Å². The molecule has 1 atom stereocenters. The first-order chi connectivity index (χ1) is 8.80. The van der Waals surface area contributed by atoms with Crippen molar-refractivity contribution in [2.75, 3.05) is 30.4 Å². The van der Waals surface area contributed by atoms with Gasteiger partial charge in [0.15, 0.2) is 0 Å². The van der Waals surface area contributed by atoms with E-state index >= 15 is 0 Å². The molecule has 0 bridgehead atoms. The van der Waals surface area contributed by atoms with Crippen LogP contribution in [0.3, 0.4) is 0 Å². The Morgan fingerprint density at radius 2 is 1.95 bits per heavy atom. The number of rotatable bonds is 3. The van der Waals surface area contributed by atoms with Gasteiger partial charge in [-0.1, -0.05) is 12.1 Å². The van der Waals surface area contributed by atoms with Crippen LogP contribution in [0, 0.1) is 0 Å². The number of nitrogens with zero attached hydrogens (tertiary/aromatic N) is 2. The van der Waals surface area contributed by atoms with Gasteiger partial charge in [-0.2, -0.15) is 8.42 Å². The molecule has 0 radical (unpaired) electrons. The molecule has 1 aromatic carbocycles. The number of halogens is 1. The lowest BCUT2D eigenvalue weighted by Crippen LogP contribution is -2.28. The highest BCUT2D eigenvalue weighted by Crippen LogP contribution is 2.32. The second kappa shape index (κ2) is 4.80. The van der Waals surface area contributed by atoms with Crippen molar-refractivity contribution in [2.24, 2.45) is 0 Å². The first kappa shape index (κ1) is 13.8. The number of hydrogen-bond acceptors (Lipinski definition) is 4. The molecule has 0 N–H and O–H groups in total. The number of para-hydroxylation sites is 2. The molecule has 0 aliphatic carbocycles. The molecule has 5 nitrogen and oxygen atoms in total. The molecule has 1 unspecified atom stereocenters. The maximum atomic E-state index is 13.0. The van der Waals surface area contributed by atoms with E-state index in [0.717, 1.165) is 5.69 Å². The zero-order valence-electron chi connectivity index (χ0n) is 10.7. The predicted octanol–water partition coefficient (Wildman–Crippen LogP) is 1.16. The first-order valence-corrected chi connectivity index (χ1v) is 7.25. The lowest BCUT2D eigenvalue weighted by atomic mass is 10.2. The van der Waals surface area contributed by atoms with Gasteiger partial charge in [-0.05, 0) is 12.1 Å². The number of carbonyl (C=O) groups is 1. The Bertz CT molecular complexity index is 601. The van der Waals surface area contributed by atoms with E-state index in [1.165, 1.54) is 4.90 Å². The highest BCUT2D eigenvalue weighted by atomic mass is 32.3. The van der Waals surface area contributed by atoms with Gasteiger partial charge in [-0.15, -0.1) is 3.89 Å². The van der Waals surface area contributed by atoms with Crippen molar-refractivity contribution in [1.29, 1.82) is 0 Å². The lowest BCUT2D eigenvalue weighted by Gasteiger charge is -2.23. The van der Waals surface area contributed by atoms with Gasteiger partial charge >= 0.3 is 10.2 Å². The molecule has 1 aliphatic heterocycles. The van der Waals surface area contributed by atoms with Crippen molar-refractivity contribution in [3.05, 3.63) is 24.3 Å². The van der Waals surface area contributed by atoms with Crippen LogP contribution < -0.4 is 9.80 Å². The van der Waals surface area contributed by atoms with Gasteiger partial charge in [0.2, 0.25) is 5.91 Å². The largest absolute Gasteiger partial charge is 0.376 e. The lowest BCUT2D eigenvalue weighted by molar-refractivity contribution is -0.117. The molecule has 0 spiro atoms. The minimum atomic E-state index is -4.69. The van der Waals surface area contributed by atoms with Gasteiger partial charge in [-0.3, -0.25) is 4.79 Å². The van der Waals surface area contributed by atoms with Crippen LogP contribution in [0.1, 0.15) is 6.42 Å². The Balaban J connectivity index is 2.36. The summed E-state index contributed by atoms with van der Waals surface area (Å²) < 4.78 is 34.8. The Morgan fingerprint density at radius 3 is 2.47 bits per heavy atom. The number of anilines is 2. The van der Waals surface area contributed by atoms with Gasteiger partial charge in [0, 0.05) is 27.1 Å². The van der Waals surface area contributed by atoms with E-state index in [2.05, 4.69) is 0 Å². The highest BCUT2D eigenvalue weighted by Gasteiger charge is 2.39. The fourth-order valence-electron chi connectivity index (χ4n) is 2.17. The van der Waals surface area contributed by atoms with Gasteiger partial charge in [-0.25, -0.2) is 0 Å². The molecule has 0 aromatic heterocycles. The quantitative estimate of drug-likeness (QED) is 0.782. The molecule has 7 heteroatoms. The molecule has 1 amide bonds. The first-order valence-electron chi connectivity index (χ1n) is 5.81. The summed E-state index contributed by atoms with van der Waals surface area (Å²) >= 11 is 0. The maximum absolute atomic E-state index is 13.0. The second-order valence-electron chi connectivity index (χ2n) is 4.69. The fraction of sp³-hybridized carbons (Fsp3) is 0.417. The summed E-state index contributed by atoms with van der Waals surface area (Å²) in [6, 6.07) is 7.12. The van der Waals surface area contributed by atoms with Crippen LogP contribution in [0.25, 0.3) is 0 Å². The zero-order chi connectivity index (χ0) is 14.2. The highest BCUT2D eigenvalue weighted by molar-refractivity contribution is 7.87. The van der Waals surface area contributed by atoms with E-state index in [0.29, 0.717) is 5.69 Å². The fourth-order valence-corrected chi connectivity index (χ4v) is 2.84. The van der Waals surface area contributed by atoms with Gasteiger partial charge in [0.05, 0.1) is 11.4 Å². The average molecular weight is 286 g/mol. The summed E-state index contributed by atoms with van der Waals surface area (Å²) in [5, 5.41) is -1.27. The van der Waals surface area contributed by atoms with E-state index in [1.807, 2.05) is 31.1 Å². The van der Waals surface area contributed by atoms with Gasteiger partial charge in [0.25, 0.3) is 0 Å². The third kappa shape index (κ3) is 2.70. The monoisotopic (exact) mass is 286 g/mol. The second-order valence-corrected chi connectivity index (χ2v) is 6.31. The Kier molecular flexibility index (Phi) is 3.49. The van der Waals surface area contributed by atoms with Crippen LogP contribution in [-0.4, -0.2) is 40.2 Å². The van der Waals surface area contributed by atoms with Crippen molar-refractivity contribution in [1.82, 2.24) is 0 Å². The topological polar surface area (TPSA) is 57.7 Å². The summed E-state index contributed by atoms with van der Waals surface area (Å²) in [7, 11) is -1.04. The summed E-state index contributed by atoms with van der Waals surface area (Å²) in [5.74, 6) is -0.375. The van der Waals surface area contributed by atoms with Crippen molar-refractivity contribution in [3.63, 3.8) is 0 Å². The molecular formula is C12H15FN2O3S. The van der Waals surface area contributed by atoms with E-state index in [9.17, 15) is 17.1 Å². The molecular weight excluding hydrogens is 271 g/mol. The summed E-state index contributed by atoms with van der Waals surface area (Å²) in [5.41, 5.74) is 1.39. The molecule has 1 heterocycles. The molecule has 0 saturated carbocycles. The zero-order valence-corrected chi connectivity index (χ0v) is 11.5. The SMILES string of the molecule is CN(C)c1ccccc1N1CC(S(=O)(=O)F)CC1=O. The minimum absolute atomic E-state index is 0.136. The Labute approximate surface area is 111 Å². The van der Waals surface area contributed by atoms with Crippen LogP contribution >= 0.6 is 0 Å². The molecule has 1 aliphatic rings. The molecule has 104 valence electrons. The molecule has 1 aromatic rings. The van der Waals surface area contributed by atoms with E-state index in [4.69, 9.17) is 0 Å². The van der Waals surface area contributed by atoms with Crippen LogP contribution in [0.2, 0.25) is 0 Å². The summed E-state index contributed by atoms with van der Waals surface area (Å²) in [6.07, 6.45) is -0.305. The van der Waals surface area contributed by atoms with Crippen molar-refractivity contribution in [3.8, 4) is 0 Å². The van der Waals surface area contributed by atoms with Crippen molar-refractivity contribution >= 4 is 27.5 Å². The molecule has 2 rings (SSSR count). The minimum Gasteiger partial charge on any atom is -0.376 e. The number of hydrogen-bond donors (Lipinski definition) is 0. The van der Waals surface area contributed by atoms with Crippen molar-refractivity contribution < 1.29 is 17.1 Å². The average Bonchev–Trinajstić information content (AvgIpc) is 2.71. The number of benzene rings is 1. The molecule has 1 fully saturated rings. The van der Waals surface area contributed by atoms with Gasteiger partial charge in [0.1, 0.15) is 5.25 Å². The molecule has 19 heavy (non-hydrogen) atoms. The Morgan fingerprint density at radius 1 is 1.32 bits per heavy atom. The van der Waals surface area contributed by atoms with Crippen LogP contribution in [0.15, 0.2) is 24.3 Å². The standard InChI is InChI=1S/C12H15FN2O3S/c1-14(2)10-5-3-4-6-11(10)15-8-9(7-12(15)16)19(13,17)18/h3-6,9H,7-8H2,1-2H3. The van der Waals surface area contributed by atoms with Crippen LogP contribution in [-0.2, 0) is 15.0 Å². The van der Waals surface area contributed by atoms with E-state index < -0.39 is 15.5 Å². The molecule has 1 saturated heterocycles. The Hall–Kier alpha value is -1.63. The third-order valence-corrected chi connectivity index (χ3v) is 4.25. The summed E-state index contributed by atoms with van der Waals surface area (Å²) in [4.78, 5) is 15.0. The third-order valence-electron chi connectivity index (χ3n) is 3.14.